The monoisotopic (exact) mass is 297 g/mol. The lowest BCUT2D eigenvalue weighted by Gasteiger charge is -2.36. The first-order valence-corrected chi connectivity index (χ1v) is 7.47. The highest BCUT2D eigenvalue weighted by Gasteiger charge is 2.23. The molecule has 0 aromatic carbocycles. The normalized spacial score (nSPS) is 20.6. The average molecular weight is 298 g/mol. The van der Waals surface area contributed by atoms with Crippen LogP contribution < -0.4 is 4.90 Å². The minimum absolute atomic E-state index is 0.625. The number of hydrogen-bond donors (Lipinski definition) is 0. The van der Waals surface area contributed by atoms with Crippen LogP contribution in [-0.4, -0.2) is 27.9 Å². The SMILES string of the molecule is Cc1ncc(N2CCCCC2CCBr)nc1C. The summed E-state index contributed by atoms with van der Waals surface area (Å²) in [6.07, 6.45) is 7.00. The van der Waals surface area contributed by atoms with Crippen molar-refractivity contribution >= 4 is 21.7 Å². The Labute approximate surface area is 112 Å². The summed E-state index contributed by atoms with van der Waals surface area (Å²) in [4.78, 5) is 11.5. The molecule has 94 valence electrons. The first-order valence-electron chi connectivity index (χ1n) is 6.35. The smallest absolute Gasteiger partial charge is 0.147 e. The lowest BCUT2D eigenvalue weighted by Crippen LogP contribution is -2.40. The van der Waals surface area contributed by atoms with Gasteiger partial charge in [-0.15, -0.1) is 0 Å². The van der Waals surface area contributed by atoms with Crippen molar-refractivity contribution < 1.29 is 0 Å². The number of anilines is 1. The Morgan fingerprint density at radius 3 is 2.88 bits per heavy atom. The van der Waals surface area contributed by atoms with Crippen LogP contribution in [0.3, 0.4) is 0 Å². The third-order valence-electron chi connectivity index (χ3n) is 3.54. The van der Waals surface area contributed by atoms with Crippen LogP contribution in [0.4, 0.5) is 5.82 Å². The minimum Gasteiger partial charge on any atom is -0.352 e. The molecule has 0 saturated carbocycles. The molecule has 3 nitrogen and oxygen atoms in total. The van der Waals surface area contributed by atoms with E-state index in [2.05, 4.69) is 30.8 Å². The molecule has 4 heteroatoms. The molecule has 0 radical (unpaired) electrons. The highest BCUT2D eigenvalue weighted by atomic mass is 79.9. The predicted octanol–water partition coefficient (Wildman–Crippen LogP) is 3.24. The number of nitrogens with zero attached hydrogens (tertiary/aromatic N) is 3. The Balaban J connectivity index is 2.20. The Morgan fingerprint density at radius 1 is 1.35 bits per heavy atom. The third kappa shape index (κ3) is 2.97. The van der Waals surface area contributed by atoms with Crippen molar-refractivity contribution in [1.29, 1.82) is 0 Å². The zero-order valence-corrected chi connectivity index (χ0v) is 12.2. The molecule has 1 aromatic rings. The summed E-state index contributed by atoms with van der Waals surface area (Å²) in [5.74, 6) is 1.05. The van der Waals surface area contributed by atoms with E-state index in [9.17, 15) is 0 Å². The molecule has 1 aliphatic rings. The second kappa shape index (κ2) is 5.80. The van der Waals surface area contributed by atoms with Crippen molar-refractivity contribution in [3.63, 3.8) is 0 Å². The lowest BCUT2D eigenvalue weighted by atomic mass is 10.0. The van der Waals surface area contributed by atoms with Crippen LogP contribution in [-0.2, 0) is 0 Å². The van der Waals surface area contributed by atoms with Gasteiger partial charge in [-0.2, -0.15) is 0 Å². The van der Waals surface area contributed by atoms with Gasteiger partial charge in [0.05, 0.1) is 17.6 Å². The van der Waals surface area contributed by atoms with E-state index < -0.39 is 0 Å². The van der Waals surface area contributed by atoms with Crippen LogP contribution in [0.2, 0.25) is 0 Å². The van der Waals surface area contributed by atoms with E-state index in [1.165, 1.54) is 25.7 Å². The van der Waals surface area contributed by atoms with E-state index in [0.29, 0.717) is 6.04 Å². The molecular formula is C13H20BrN3. The summed E-state index contributed by atoms with van der Waals surface area (Å²) in [6, 6.07) is 0.625. The van der Waals surface area contributed by atoms with Gasteiger partial charge >= 0.3 is 0 Å². The van der Waals surface area contributed by atoms with Gasteiger partial charge in [0.1, 0.15) is 5.82 Å². The molecular weight excluding hydrogens is 278 g/mol. The molecule has 2 heterocycles. The van der Waals surface area contributed by atoms with E-state index in [0.717, 1.165) is 29.1 Å². The molecule has 1 atom stereocenters. The van der Waals surface area contributed by atoms with Crippen molar-refractivity contribution in [3.05, 3.63) is 17.6 Å². The van der Waals surface area contributed by atoms with Crippen LogP contribution in [0, 0.1) is 13.8 Å². The van der Waals surface area contributed by atoms with Gasteiger partial charge in [-0.1, -0.05) is 15.9 Å². The van der Waals surface area contributed by atoms with Gasteiger partial charge in [0.25, 0.3) is 0 Å². The van der Waals surface area contributed by atoms with Crippen LogP contribution in [0.15, 0.2) is 6.20 Å². The molecule has 0 aliphatic carbocycles. The van der Waals surface area contributed by atoms with E-state index >= 15 is 0 Å². The molecule has 1 aromatic heterocycles. The van der Waals surface area contributed by atoms with Crippen LogP contribution in [0.25, 0.3) is 0 Å². The second-order valence-electron chi connectivity index (χ2n) is 4.72. The fraction of sp³-hybridized carbons (Fsp3) is 0.692. The number of piperidine rings is 1. The Kier molecular flexibility index (Phi) is 4.37. The molecule has 2 rings (SSSR count). The van der Waals surface area contributed by atoms with Crippen molar-refractivity contribution in [1.82, 2.24) is 9.97 Å². The molecule has 1 unspecified atom stereocenters. The van der Waals surface area contributed by atoms with E-state index in [4.69, 9.17) is 0 Å². The van der Waals surface area contributed by atoms with Gasteiger partial charge < -0.3 is 4.90 Å². The van der Waals surface area contributed by atoms with Crippen molar-refractivity contribution in [2.45, 2.75) is 45.6 Å². The van der Waals surface area contributed by atoms with Crippen molar-refractivity contribution in [2.75, 3.05) is 16.8 Å². The summed E-state index contributed by atoms with van der Waals surface area (Å²) in [7, 11) is 0. The number of rotatable bonds is 3. The fourth-order valence-corrected chi connectivity index (χ4v) is 2.92. The minimum atomic E-state index is 0.625. The van der Waals surface area contributed by atoms with Crippen molar-refractivity contribution in [2.24, 2.45) is 0 Å². The third-order valence-corrected chi connectivity index (χ3v) is 4.00. The van der Waals surface area contributed by atoms with Gasteiger partial charge in [-0.05, 0) is 39.5 Å². The van der Waals surface area contributed by atoms with Crippen molar-refractivity contribution in [3.8, 4) is 0 Å². The Morgan fingerprint density at radius 2 is 2.18 bits per heavy atom. The van der Waals surface area contributed by atoms with Crippen LogP contribution in [0.1, 0.15) is 37.1 Å². The summed E-state index contributed by atoms with van der Waals surface area (Å²) in [5.41, 5.74) is 2.08. The topological polar surface area (TPSA) is 29.0 Å². The van der Waals surface area contributed by atoms with Crippen LogP contribution in [0.5, 0.6) is 0 Å². The van der Waals surface area contributed by atoms with Gasteiger partial charge in [0.15, 0.2) is 0 Å². The van der Waals surface area contributed by atoms with Gasteiger partial charge in [-0.3, -0.25) is 4.98 Å². The summed E-state index contributed by atoms with van der Waals surface area (Å²) < 4.78 is 0. The van der Waals surface area contributed by atoms with Crippen LogP contribution >= 0.6 is 15.9 Å². The number of alkyl halides is 1. The number of aryl methyl sites for hydroxylation is 2. The quantitative estimate of drug-likeness (QED) is 0.802. The highest BCUT2D eigenvalue weighted by molar-refractivity contribution is 9.09. The largest absolute Gasteiger partial charge is 0.352 e. The molecule has 17 heavy (non-hydrogen) atoms. The predicted molar refractivity (Wildman–Crippen MR) is 74.9 cm³/mol. The molecule has 1 saturated heterocycles. The number of halogens is 1. The maximum atomic E-state index is 4.68. The Hall–Kier alpha value is -0.640. The standard InChI is InChI=1S/C13H20BrN3/c1-10-11(2)16-13(9-15-10)17-8-4-3-5-12(17)6-7-14/h9,12H,3-8H2,1-2H3. The summed E-state index contributed by atoms with van der Waals surface area (Å²) in [5, 5.41) is 1.06. The molecule has 0 amide bonds. The summed E-state index contributed by atoms with van der Waals surface area (Å²) >= 11 is 3.55. The summed E-state index contributed by atoms with van der Waals surface area (Å²) in [6.45, 7) is 5.17. The Bertz CT molecular complexity index is 379. The highest BCUT2D eigenvalue weighted by Crippen LogP contribution is 2.25. The maximum Gasteiger partial charge on any atom is 0.147 e. The second-order valence-corrected chi connectivity index (χ2v) is 5.51. The lowest BCUT2D eigenvalue weighted by molar-refractivity contribution is 0.448. The first kappa shape index (κ1) is 12.8. The van der Waals surface area contributed by atoms with E-state index in [-0.39, 0.29) is 0 Å². The number of hydrogen-bond acceptors (Lipinski definition) is 3. The number of aromatic nitrogens is 2. The molecule has 0 spiro atoms. The average Bonchev–Trinajstić information content (AvgIpc) is 2.34. The fourth-order valence-electron chi connectivity index (χ4n) is 2.40. The van der Waals surface area contributed by atoms with Gasteiger partial charge in [-0.25, -0.2) is 4.98 Å². The molecule has 0 N–H and O–H groups in total. The molecule has 0 bridgehead atoms. The van der Waals surface area contributed by atoms with Gasteiger partial charge in [0, 0.05) is 17.9 Å². The van der Waals surface area contributed by atoms with Gasteiger partial charge in [0.2, 0.25) is 0 Å². The van der Waals surface area contributed by atoms with E-state index in [1.807, 2.05) is 20.0 Å². The zero-order chi connectivity index (χ0) is 12.3. The molecule has 1 aliphatic heterocycles. The van der Waals surface area contributed by atoms with E-state index in [1.54, 1.807) is 0 Å². The molecule has 1 fully saturated rings. The first-order chi connectivity index (χ1) is 8.22. The zero-order valence-electron chi connectivity index (χ0n) is 10.6. The maximum absolute atomic E-state index is 4.68.